The molecule has 1 aromatic carbocycles. The zero-order valence-electron chi connectivity index (χ0n) is 10.2. The van der Waals surface area contributed by atoms with Crippen LogP contribution in [0.1, 0.15) is 10.4 Å². The summed E-state index contributed by atoms with van der Waals surface area (Å²) in [5, 5.41) is 11.6. The molecule has 0 fully saturated rings. The number of hydrogen-bond acceptors (Lipinski definition) is 5. The van der Waals surface area contributed by atoms with Gasteiger partial charge in [-0.05, 0) is 12.1 Å². The molecule has 0 atom stereocenters. The van der Waals surface area contributed by atoms with Gasteiger partial charge in [0.05, 0.1) is 17.5 Å². The monoisotopic (exact) mass is 283 g/mol. The number of nitrogens with zero attached hydrogens (tertiary/aromatic N) is 3. The molecule has 2 heterocycles. The second-order valence-electron chi connectivity index (χ2n) is 4.01. The Morgan fingerprint density at radius 1 is 1.20 bits per heavy atom. The first-order valence-corrected chi connectivity index (χ1v) is 6.67. The Hall–Kier alpha value is -2.60. The van der Waals surface area contributed by atoms with Gasteiger partial charge < -0.3 is 5.11 Å². The van der Waals surface area contributed by atoms with Crippen LogP contribution in [0.5, 0.6) is 0 Å². The molecular formula is C14H9N3O2S. The average Bonchev–Trinajstić information content (AvgIpc) is 2.98. The van der Waals surface area contributed by atoms with Crippen LogP contribution in [0.15, 0.2) is 48.2 Å². The zero-order chi connectivity index (χ0) is 13.9. The lowest BCUT2D eigenvalue weighted by Crippen LogP contribution is -1.95. The maximum Gasteiger partial charge on any atom is 0.335 e. The second kappa shape index (κ2) is 5.18. The molecule has 0 amide bonds. The third-order valence-corrected chi connectivity index (χ3v) is 3.56. The number of aromatic nitrogens is 3. The second-order valence-corrected chi connectivity index (χ2v) is 4.87. The van der Waals surface area contributed by atoms with Crippen molar-refractivity contribution in [1.29, 1.82) is 0 Å². The lowest BCUT2D eigenvalue weighted by molar-refractivity contribution is 0.0697. The summed E-state index contributed by atoms with van der Waals surface area (Å²) in [7, 11) is 0. The smallest absolute Gasteiger partial charge is 0.335 e. The molecule has 0 radical (unpaired) electrons. The zero-order valence-corrected chi connectivity index (χ0v) is 11.0. The van der Waals surface area contributed by atoms with Gasteiger partial charge in [0.25, 0.3) is 0 Å². The highest BCUT2D eigenvalue weighted by Gasteiger charge is 2.09. The van der Waals surface area contributed by atoms with Crippen molar-refractivity contribution < 1.29 is 9.90 Å². The number of carboxylic acid groups (broad SMARTS) is 1. The van der Waals surface area contributed by atoms with Crippen molar-refractivity contribution in [2.24, 2.45) is 0 Å². The van der Waals surface area contributed by atoms with E-state index in [-0.39, 0.29) is 5.56 Å². The molecule has 3 aromatic rings. The van der Waals surface area contributed by atoms with Gasteiger partial charge in [0.2, 0.25) is 0 Å². The topological polar surface area (TPSA) is 76.0 Å². The Balaban J connectivity index is 1.98. The quantitative estimate of drug-likeness (QED) is 0.799. The minimum absolute atomic E-state index is 0.247. The molecule has 0 bridgehead atoms. The fourth-order valence-electron chi connectivity index (χ4n) is 1.75. The molecule has 2 aromatic heterocycles. The molecule has 1 N–H and O–H groups in total. The number of aromatic carboxylic acids is 1. The first kappa shape index (κ1) is 12.4. The maximum absolute atomic E-state index is 11.0. The molecule has 0 aliphatic carbocycles. The number of hydrogen-bond donors (Lipinski definition) is 1. The standard InChI is InChI=1S/C14H9N3O2S/c18-14(19)10-3-1-2-9(6-10)12-8-20-13(17-12)11-7-15-4-5-16-11/h1-8H,(H,18,19). The van der Waals surface area contributed by atoms with Gasteiger partial charge in [0, 0.05) is 23.3 Å². The van der Waals surface area contributed by atoms with E-state index in [9.17, 15) is 4.79 Å². The molecular weight excluding hydrogens is 274 g/mol. The molecule has 0 unspecified atom stereocenters. The van der Waals surface area contributed by atoms with Crippen LogP contribution in [0.25, 0.3) is 22.0 Å². The SMILES string of the molecule is O=C(O)c1cccc(-c2csc(-c3cnccn3)n2)c1. The number of rotatable bonds is 3. The Kier molecular flexibility index (Phi) is 3.22. The highest BCUT2D eigenvalue weighted by molar-refractivity contribution is 7.13. The molecule has 0 aliphatic heterocycles. The van der Waals surface area contributed by atoms with E-state index in [1.165, 1.54) is 11.3 Å². The maximum atomic E-state index is 11.0. The summed E-state index contributed by atoms with van der Waals surface area (Å²) in [5.41, 5.74) is 2.46. The molecule has 0 aliphatic rings. The van der Waals surface area contributed by atoms with Crippen molar-refractivity contribution in [2.45, 2.75) is 0 Å². The first-order chi connectivity index (χ1) is 9.74. The van der Waals surface area contributed by atoms with Crippen LogP contribution >= 0.6 is 11.3 Å². The van der Waals surface area contributed by atoms with Crippen molar-refractivity contribution in [3.63, 3.8) is 0 Å². The van der Waals surface area contributed by atoms with E-state index in [4.69, 9.17) is 5.11 Å². The van der Waals surface area contributed by atoms with Gasteiger partial charge >= 0.3 is 5.97 Å². The molecule has 0 saturated carbocycles. The Bertz CT molecular complexity index is 756. The summed E-state index contributed by atoms with van der Waals surface area (Å²) in [4.78, 5) is 23.6. The lowest BCUT2D eigenvalue weighted by Gasteiger charge is -1.98. The molecule has 0 saturated heterocycles. The van der Waals surface area contributed by atoms with Crippen LogP contribution in [0, 0.1) is 0 Å². The third-order valence-electron chi connectivity index (χ3n) is 2.69. The van der Waals surface area contributed by atoms with Crippen molar-refractivity contribution in [3.8, 4) is 22.0 Å². The Labute approximate surface area is 118 Å². The van der Waals surface area contributed by atoms with E-state index < -0.39 is 5.97 Å². The minimum Gasteiger partial charge on any atom is -0.478 e. The van der Waals surface area contributed by atoms with Gasteiger partial charge in [-0.25, -0.2) is 9.78 Å². The van der Waals surface area contributed by atoms with Crippen molar-refractivity contribution >= 4 is 17.3 Å². The summed E-state index contributed by atoms with van der Waals surface area (Å²) < 4.78 is 0. The van der Waals surface area contributed by atoms with Gasteiger partial charge in [-0.1, -0.05) is 12.1 Å². The Morgan fingerprint density at radius 3 is 2.85 bits per heavy atom. The summed E-state index contributed by atoms with van der Waals surface area (Å²) >= 11 is 1.45. The predicted octanol–water partition coefficient (Wildman–Crippen LogP) is 2.97. The average molecular weight is 283 g/mol. The minimum atomic E-state index is -0.948. The van der Waals surface area contributed by atoms with E-state index in [1.54, 1.807) is 36.8 Å². The predicted molar refractivity (Wildman–Crippen MR) is 75.5 cm³/mol. The van der Waals surface area contributed by atoms with Crippen molar-refractivity contribution in [1.82, 2.24) is 15.0 Å². The van der Waals surface area contributed by atoms with Gasteiger partial charge in [-0.15, -0.1) is 11.3 Å². The highest BCUT2D eigenvalue weighted by atomic mass is 32.1. The number of benzene rings is 1. The Morgan fingerprint density at radius 2 is 2.10 bits per heavy atom. The summed E-state index contributed by atoms with van der Waals surface area (Å²) in [6.07, 6.45) is 4.87. The van der Waals surface area contributed by atoms with Gasteiger partial charge in [0.1, 0.15) is 10.7 Å². The largest absolute Gasteiger partial charge is 0.478 e. The van der Waals surface area contributed by atoms with Crippen LogP contribution in [-0.4, -0.2) is 26.0 Å². The van der Waals surface area contributed by atoms with Crippen LogP contribution in [0.2, 0.25) is 0 Å². The van der Waals surface area contributed by atoms with Crippen LogP contribution in [0.4, 0.5) is 0 Å². The summed E-state index contributed by atoms with van der Waals surface area (Å²) in [6.45, 7) is 0. The molecule has 98 valence electrons. The number of thiazole rings is 1. The third kappa shape index (κ3) is 2.41. The first-order valence-electron chi connectivity index (χ1n) is 5.80. The molecule has 5 nitrogen and oxygen atoms in total. The van der Waals surface area contributed by atoms with Crippen molar-refractivity contribution in [2.75, 3.05) is 0 Å². The molecule has 20 heavy (non-hydrogen) atoms. The normalized spacial score (nSPS) is 10.4. The highest BCUT2D eigenvalue weighted by Crippen LogP contribution is 2.27. The fraction of sp³-hybridized carbons (Fsp3) is 0. The van der Waals surface area contributed by atoms with Gasteiger partial charge in [-0.2, -0.15) is 0 Å². The van der Waals surface area contributed by atoms with Gasteiger partial charge in [0.15, 0.2) is 0 Å². The van der Waals surface area contributed by atoms with E-state index in [1.807, 2.05) is 11.4 Å². The van der Waals surface area contributed by atoms with E-state index in [0.717, 1.165) is 16.3 Å². The van der Waals surface area contributed by atoms with E-state index >= 15 is 0 Å². The van der Waals surface area contributed by atoms with Crippen molar-refractivity contribution in [3.05, 3.63) is 53.8 Å². The number of carboxylic acids is 1. The van der Waals surface area contributed by atoms with Crippen LogP contribution in [-0.2, 0) is 0 Å². The summed E-state index contributed by atoms with van der Waals surface area (Å²) in [5.74, 6) is -0.948. The lowest BCUT2D eigenvalue weighted by atomic mass is 10.1. The molecule has 6 heteroatoms. The molecule has 0 spiro atoms. The molecule has 3 rings (SSSR count). The van der Waals surface area contributed by atoms with Crippen LogP contribution < -0.4 is 0 Å². The van der Waals surface area contributed by atoms with Gasteiger partial charge in [-0.3, -0.25) is 9.97 Å². The van der Waals surface area contributed by atoms with E-state index in [2.05, 4.69) is 15.0 Å². The summed E-state index contributed by atoms with van der Waals surface area (Å²) in [6, 6.07) is 6.71. The van der Waals surface area contributed by atoms with E-state index in [0.29, 0.717) is 5.69 Å². The van der Waals surface area contributed by atoms with Crippen LogP contribution in [0.3, 0.4) is 0 Å². The fourth-order valence-corrected chi connectivity index (χ4v) is 2.53. The number of carbonyl (C=O) groups is 1.